The molecule has 1 aliphatic heterocycles. The van der Waals surface area contributed by atoms with Crippen molar-refractivity contribution in [3.8, 4) is 0 Å². The number of nitrogens with two attached hydrogens (primary N) is 1. The van der Waals surface area contributed by atoms with Crippen LogP contribution in [0.3, 0.4) is 0 Å². The molecule has 1 saturated heterocycles. The minimum atomic E-state index is 0.360. The standard InChI is InChI=1S/C10H17N3S/c1-7-6-14-10(12-7)8(2)13-4-3-9(11)5-13/h6,8-9H,3-5,11H2,1-2H3. The van der Waals surface area contributed by atoms with Crippen LogP contribution in [0.15, 0.2) is 5.38 Å². The molecule has 0 bridgehead atoms. The van der Waals surface area contributed by atoms with E-state index < -0.39 is 0 Å². The summed E-state index contributed by atoms with van der Waals surface area (Å²) < 4.78 is 0. The highest BCUT2D eigenvalue weighted by molar-refractivity contribution is 7.09. The van der Waals surface area contributed by atoms with Crippen molar-refractivity contribution in [1.82, 2.24) is 9.88 Å². The number of hydrogen-bond donors (Lipinski definition) is 1. The van der Waals surface area contributed by atoms with E-state index in [2.05, 4.69) is 22.2 Å². The van der Waals surface area contributed by atoms with Crippen LogP contribution in [0.25, 0.3) is 0 Å². The van der Waals surface area contributed by atoms with Gasteiger partial charge in [0.15, 0.2) is 0 Å². The molecule has 0 spiro atoms. The number of aromatic nitrogens is 1. The normalized spacial score (nSPS) is 25.5. The summed E-state index contributed by atoms with van der Waals surface area (Å²) in [5.41, 5.74) is 7.01. The predicted molar refractivity (Wildman–Crippen MR) is 59.4 cm³/mol. The molecular formula is C10H17N3S. The zero-order chi connectivity index (χ0) is 10.1. The van der Waals surface area contributed by atoms with Crippen molar-refractivity contribution in [2.45, 2.75) is 32.4 Å². The van der Waals surface area contributed by atoms with Crippen molar-refractivity contribution in [3.05, 3.63) is 16.1 Å². The molecule has 1 aliphatic rings. The van der Waals surface area contributed by atoms with E-state index in [1.165, 1.54) is 5.01 Å². The lowest BCUT2D eigenvalue weighted by molar-refractivity contribution is 0.259. The van der Waals surface area contributed by atoms with Crippen LogP contribution in [-0.2, 0) is 0 Å². The van der Waals surface area contributed by atoms with E-state index >= 15 is 0 Å². The average Bonchev–Trinajstić information content (AvgIpc) is 2.73. The van der Waals surface area contributed by atoms with Gasteiger partial charge in [-0.25, -0.2) is 4.98 Å². The number of hydrogen-bond acceptors (Lipinski definition) is 4. The second kappa shape index (κ2) is 3.96. The van der Waals surface area contributed by atoms with Crippen LogP contribution >= 0.6 is 11.3 Å². The molecule has 78 valence electrons. The lowest BCUT2D eigenvalue weighted by atomic mass is 10.3. The Morgan fingerprint density at radius 2 is 2.50 bits per heavy atom. The van der Waals surface area contributed by atoms with E-state index in [9.17, 15) is 0 Å². The number of thiazole rings is 1. The maximum absolute atomic E-state index is 5.89. The van der Waals surface area contributed by atoms with E-state index in [0.29, 0.717) is 12.1 Å². The quantitative estimate of drug-likeness (QED) is 0.807. The van der Waals surface area contributed by atoms with E-state index in [1.807, 2.05) is 6.92 Å². The van der Waals surface area contributed by atoms with Crippen LogP contribution in [0, 0.1) is 6.92 Å². The topological polar surface area (TPSA) is 42.1 Å². The highest BCUT2D eigenvalue weighted by Gasteiger charge is 2.25. The molecule has 1 fully saturated rings. The second-order valence-electron chi connectivity index (χ2n) is 4.05. The Morgan fingerprint density at radius 1 is 1.71 bits per heavy atom. The number of nitrogens with zero attached hydrogens (tertiary/aromatic N) is 2. The van der Waals surface area contributed by atoms with Crippen molar-refractivity contribution in [2.75, 3.05) is 13.1 Å². The fourth-order valence-electron chi connectivity index (χ4n) is 1.89. The molecular weight excluding hydrogens is 194 g/mol. The largest absolute Gasteiger partial charge is 0.326 e. The van der Waals surface area contributed by atoms with E-state index in [1.54, 1.807) is 11.3 Å². The fourth-order valence-corrected chi connectivity index (χ4v) is 2.77. The Kier molecular flexibility index (Phi) is 2.85. The van der Waals surface area contributed by atoms with Crippen LogP contribution < -0.4 is 5.73 Å². The van der Waals surface area contributed by atoms with Gasteiger partial charge in [-0.05, 0) is 20.3 Å². The third-order valence-corrected chi connectivity index (χ3v) is 3.93. The molecule has 0 aliphatic carbocycles. The molecule has 4 heteroatoms. The fraction of sp³-hybridized carbons (Fsp3) is 0.700. The van der Waals surface area contributed by atoms with Gasteiger partial charge in [-0.2, -0.15) is 0 Å². The second-order valence-corrected chi connectivity index (χ2v) is 4.94. The maximum Gasteiger partial charge on any atom is 0.110 e. The molecule has 2 N–H and O–H groups in total. The lowest BCUT2D eigenvalue weighted by Gasteiger charge is -2.21. The Bertz CT molecular complexity index is 310. The van der Waals surface area contributed by atoms with Gasteiger partial charge >= 0.3 is 0 Å². The molecule has 2 heterocycles. The smallest absolute Gasteiger partial charge is 0.110 e. The lowest BCUT2D eigenvalue weighted by Crippen LogP contribution is -2.28. The maximum atomic E-state index is 5.89. The first-order valence-electron chi connectivity index (χ1n) is 5.08. The van der Waals surface area contributed by atoms with Crippen LogP contribution in [0.1, 0.15) is 30.1 Å². The molecule has 2 rings (SSSR count). The van der Waals surface area contributed by atoms with Gasteiger partial charge in [-0.15, -0.1) is 11.3 Å². The Hall–Kier alpha value is -0.450. The van der Waals surface area contributed by atoms with Crippen LogP contribution in [0.2, 0.25) is 0 Å². The third-order valence-electron chi connectivity index (χ3n) is 2.80. The van der Waals surface area contributed by atoms with Crippen molar-refractivity contribution >= 4 is 11.3 Å². The summed E-state index contributed by atoms with van der Waals surface area (Å²) in [7, 11) is 0. The summed E-state index contributed by atoms with van der Waals surface area (Å²) in [6.07, 6.45) is 1.12. The molecule has 0 saturated carbocycles. The van der Waals surface area contributed by atoms with Crippen molar-refractivity contribution in [3.63, 3.8) is 0 Å². The van der Waals surface area contributed by atoms with Crippen molar-refractivity contribution < 1.29 is 0 Å². The van der Waals surface area contributed by atoms with Gasteiger partial charge in [-0.3, -0.25) is 4.90 Å². The summed E-state index contributed by atoms with van der Waals surface area (Å²) in [5, 5.41) is 3.33. The molecule has 0 amide bonds. The molecule has 14 heavy (non-hydrogen) atoms. The van der Waals surface area contributed by atoms with E-state index in [4.69, 9.17) is 5.73 Å². The van der Waals surface area contributed by atoms with Gasteiger partial charge in [0.05, 0.1) is 6.04 Å². The summed E-state index contributed by atoms with van der Waals surface area (Å²) >= 11 is 1.75. The van der Waals surface area contributed by atoms with E-state index in [0.717, 1.165) is 25.2 Å². The van der Waals surface area contributed by atoms with Crippen molar-refractivity contribution in [1.29, 1.82) is 0 Å². The predicted octanol–water partition coefficient (Wildman–Crippen LogP) is 1.55. The Labute approximate surface area is 88.9 Å². The van der Waals surface area contributed by atoms with Crippen molar-refractivity contribution in [2.24, 2.45) is 5.73 Å². The molecule has 1 aromatic rings. The zero-order valence-corrected chi connectivity index (χ0v) is 9.55. The van der Waals surface area contributed by atoms with Gasteiger partial charge in [0.2, 0.25) is 0 Å². The third kappa shape index (κ3) is 1.97. The van der Waals surface area contributed by atoms with Gasteiger partial charge in [0, 0.05) is 30.2 Å². The molecule has 0 aromatic carbocycles. The SMILES string of the molecule is Cc1csc(C(C)N2CCC(N)C2)n1. The van der Waals surface area contributed by atoms with Gasteiger partial charge in [0.1, 0.15) is 5.01 Å². The first-order chi connectivity index (χ1) is 6.66. The number of likely N-dealkylation sites (tertiary alicyclic amines) is 1. The minimum Gasteiger partial charge on any atom is -0.326 e. The summed E-state index contributed by atoms with van der Waals surface area (Å²) in [5.74, 6) is 0. The minimum absolute atomic E-state index is 0.360. The summed E-state index contributed by atoms with van der Waals surface area (Å²) in [6.45, 7) is 6.39. The first-order valence-corrected chi connectivity index (χ1v) is 5.96. The number of rotatable bonds is 2. The Morgan fingerprint density at radius 3 is 3.00 bits per heavy atom. The highest BCUT2D eigenvalue weighted by atomic mass is 32.1. The zero-order valence-electron chi connectivity index (χ0n) is 8.73. The number of aryl methyl sites for hydroxylation is 1. The van der Waals surface area contributed by atoms with E-state index in [-0.39, 0.29) is 0 Å². The average molecular weight is 211 g/mol. The first kappa shape index (κ1) is 10.1. The van der Waals surface area contributed by atoms with Gasteiger partial charge < -0.3 is 5.73 Å². The molecule has 1 aromatic heterocycles. The monoisotopic (exact) mass is 211 g/mol. The van der Waals surface area contributed by atoms with Gasteiger partial charge in [0.25, 0.3) is 0 Å². The molecule has 0 radical (unpaired) electrons. The molecule has 2 atom stereocenters. The molecule has 2 unspecified atom stereocenters. The van der Waals surface area contributed by atoms with Crippen LogP contribution in [0.4, 0.5) is 0 Å². The highest BCUT2D eigenvalue weighted by Crippen LogP contribution is 2.26. The van der Waals surface area contributed by atoms with Gasteiger partial charge in [-0.1, -0.05) is 0 Å². The summed E-state index contributed by atoms with van der Waals surface area (Å²) in [4.78, 5) is 6.94. The van der Waals surface area contributed by atoms with Crippen LogP contribution in [-0.4, -0.2) is 29.0 Å². The van der Waals surface area contributed by atoms with Crippen LogP contribution in [0.5, 0.6) is 0 Å². The Balaban J connectivity index is 2.05. The summed E-state index contributed by atoms with van der Waals surface area (Å²) in [6, 6.07) is 0.792. The molecule has 3 nitrogen and oxygen atoms in total.